The Kier molecular flexibility index (Phi) is 10.7. The first-order valence-corrected chi connectivity index (χ1v) is 16.7. The highest BCUT2D eigenvalue weighted by Crippen LogP contribution is 2.36. The molecule has 5 aliphatic heterocycles. The summed E-state index contributed by atoms with van der Waals surface area (Å²) < 4.78 is 31.5. The summed E-state index contributed by atoms with van der Waals surface area (Å²) in [5, 5.41) is 19.8. The first-order chi connectivity index (χ1) is 24.3. The molecule has 1 aromatic heterocycles. The van der Waals surface area contributed by atoms with Gasteiger partial charge in [0.05, 0.1) is 39.6 Å². The van der Waals surface area contributed by atoms with E-state index in [0.29, 0.717) is 79.1 Å². The molecule has 3 N–H and O–H groups in total. The zero-order valence-corrected chi connectivity index (χ0v) is 28.6. The number of aryl methyl sites for hydroxylation is 1. The summed E-state index contributed by atoms with van der Waals surface area (Å²) in [6.45, 7) is 5.11. The Hall–Kier alpha value is -5.27. The molecule has 0 aliphatic carbocycles. The molecule has 2 amide bonds. The van der Waals surface area contributed by atoms with Gasteiger partial charge in [-0.1, -0.05) is 0 Å². The second kappa shape index (κ2) is 15.5. The lowest BCUT2D eigenvalue weighted by molar-refractivity contribution is -0.141. The van der Waals surface area contributed by atoms with Crippen molar-refractivity contribution in [1.29, 1.82) is 0 Å². The maximum atomic E-state index is 14.1. The molecule has 13 nitrogen and oxygen atoms in total. The molecule has 0 radical (unpaired) electrons. The molecule has 5 aliphatic rings. The SMILES string of the molecule is COc1cc2ccc1CNC(=O)C1(CCN(Cc3cn(CCO)nc3C)CC1)Oc1ccc(cc1)OCCNC(=O)c1ccc(OC)c(c1)O2. The maximum Gasteiger partial charge on any atom is 0.264 e. The number of methoxy groups -OCH3 is 2. The molecule has 0 saturated carbocycles. The predicted octanol–water partition coefficient (Wildman–Crippen LogP) is 3.85. The van der Waals surface area contributed by atoms with Crippen LogP contribution in [0.2, 0.25) is 0 Å². The van der Waals surface area contributed by atoms with Gasteiger partial charge in [-0.15, -0.1) is 0 Å². The van der Waals surface area contributed by atoms with Crippen molar-refractivity contribution in [3.8, 4) is 34.5 Å². The topological polar surface area (TPSA) is 146 Å². The van der Waals surface area contributed by atoms with Crippen molar-refractivity contribution in [3.63, 3.8) is 0 Å². The minimum absolute atomic E-state index is 0.0258. The molecule has 9 rings (SSSR count). The van der Waals surface area contributed by atoms with Crippen molar-refractivity contribution < 1.29 is 38.4 Å². The monoisotopic (exact) mass is 685 g/mol. The Bertz CT molecular complexity index is 1800. The molecule has 6 heterocycles. The normalized spacial score (nSPS) is 16.6. The number of likely N-dealkylation sites (tertiary alicyclic amines) is 1. The third-order valence-corrected chi connectivity index (χ3v) is 8.99. The number of hydrogen-bond donors (Lipinski definition) is 3. The van der Waals surface area contributed by atoms with Gasteiger partial charge in [-0.3, -0.25) is 19.2 Å². The summed E-state index contributed by atoms with van der Waals surface area (Å²) in [7, 11) is 3.09. The summed E-state index contributed by atoms with van der Waals surface area (Å²) in [4.78, 5) is 29.3. The third kappa shape index (κ3) is 7.95. The number of nitrogens with zero attached hydrogens (tertiary/aromatic N) is 3. The summed E-state index contributed by atoms with van der Waals surface area (Å²) in [5.74, 6) is 2.47. The Labute approximate surface area is 291 Å². The van der Waals surface area contributed by atoms with Gasteiger partial charge in [-0.2, -0.15) is 5.10 Å². The van der Waals surface area contributed by atoms with E-state index in [1.165, 1.54) is 7.11 Å². The molecule has 0 atom stereocenters. The predicted molar refractivity (Wildman–Crippen MR) is 184 cm³/mol. The van der Waals surface area contributed by atoms with Crippen LogP contribution in [0.5, 0.6) is 34.5 Å². The van der Waals surface area contributed by atoms with Crippen LogP contribution in [0.3, 0.4) is 0 Å². The second-order valence-electron chi connectivity index (χ2n) is 12.3. The molecule has 1 spiro atoms. The fourth-order valence-corrected chi connectivity index (χ4v) is 6.18. The Morgan fingerprint density at radius 1 is 0.920 bits per heavy atom. The van der Waals surface area contributed by atoms with Crippen LogP contribution in [0.15, 0.2) is 66.9 Å². The van der Waals surface area contributed by atoms with Gasteiger partial charge < -0.3 is 39.4 Å². The van der Waals surface area contributed by atoms with Crippen molar-refractivity contribution in [3.05, 3.63) is 89.2 Å². The van der Waals surface area contributed by atoms with Crippen LogP contribution in [0, 0.1) is 6.92 Å². The van der Waals surface area contributed by atoms with Crippen LogP contribution in [-0.4, -0.2) is 84.3 Å². The van der Waals surface area contributed by atoms with Gasteiger partial charge in [-0.05, 0) is 61.5 Å². The standard InChI is InChI=1S/C37H43N5O8/c1-25-28(24-42(40-25)17-18-43)23-41-15-12-37(13-16-41)36(45)39-22-27-4-6-31(21-33(27)47-3)49-34-20-26(5-11-32(34)46-2)35(44)38-14-19-48-29-7-9-30(50-37)10-8-29/h4-11,20-21,24,43H,12-19,22-23H2,1-3H3,(H,38,44)(H,39,45). The smallest absolute Gasteiger partial charge is 0.264 e. The van der Waals surface area contributed by atoms with Crippen molar-refractivity contribution in [2.24, 2.45) is 0 Å². The van der Waals surface area contributed by atoms with Gasteiger partial charge in [0.15, 0.2) is 17.1 Å². The highest BCUT2D eigenvalue weighted by molar-refractivity contribution is 5.95. The summed E-state index contributed by atoms with van der Waals surface area (Å²) >= 11 is 0. The number of rotatable bonds is 6. The van der Waals surface area contributed by atoms with E-state index in [1.54, 1.807) is 66.4 Å². The third-order valence-electron chi connectivity index (χ3n) is 8.99. The number of hydrogen-bond acceptors (Lipinski definition) is 10. The average Bonchev–Trinajstić information content (AvgIpc) is 3.48. The number of benzene rings is 3. The van der Waals surface area contributed by atoms with Gasteiger partial charge in [0.25, 0.3) is 11.8 Å². The van der Waals surface area contributed by atoms with E-state index >= 15 is 0 Å². The highest BCUT2D eigenvalue weighted by atomic mass is 16.5. The average molecular weight is 686 g/mol. The highest BCUT2D eigenvalue weighted by Gasteiger charge is 2.44. The first kappa shape index (κ1) is 34.6. The quantitative estimate of drug-likeness (QED) is 0.274. The molecule has 1 fully saturated rings. The number of aliphatic hydroxyl groups is 1. The van der Waals surface area contributed by atoms with Crippen LogP contribution in [-0.2, 0) is 24.4 Å². The van der Waals surface area contributed by atoms with Gasteiger partial charge >= 0.3 is 0 Å². The van der Waals surface area contributed by atoms with E-state index in [9.17, 15) is 14.7 Å². The molecule has 1 saturated heterocycles. The minimum Gasteiger partial charge on any atom is -0.496 e. The number of nitrogens with one attached hydrogen (secondary N) is 2. The summed E-state index contributed by atoms with van der Waals surface area (Å²) in [6, 6.07) is 17.5. The molecule has 264 valence electrons. The molecule has 6 bridgehead atoms. The van der Waals surface area contributed by atoms with E-state index in [0.717, 1.165) is 16.8 Å². The number of carbonyl (C=O) groups is 2. The lowest BCUT2D eigenvalue weighted by Crippen LogP contribution is -2.57. The van der Waals surface area contributed by atoms with Crippen LogP contribution in [0.4, 0.5) is 0 Å². The van der Waals surface area contributed by atoms with Crippen LogP contribution in [0.25, 0.3) is 0 Å². The van der Waals surface area contributed by atoms with Crippen LogP contribution < -0.4 is 34.3 Å². The molecule has 50 heavy (non-hydrogen) atoms. The lowest BCUT2D eigenvalue weighted by Gasteiger charge is -2.40. The molecule has 0 unspecified atom stereocenters. The molecule has 4 aromatic rings. The van der Waals surface area contributed by atoms with Crippen molar-refractivity contribution in [1.82, 2.24) is 25.3 Å². The van der Waals surface area contributed by atoms with Gasteiger partial charge in [0.1, 0.15) is 29.6 Å². The lowest BCUT2D eigenvalue weighted by atomic mass is 9.89. The van der Waals surface area contributed by atoms with Gasteiger partial charge in [-0.25, -0.2) is 0 Å². The van der Waals surface area contributed by atoms with E-state index in [-0.39, 0.29) is 38.1 Å². The zero-order valence-electron chi connectivity index (χ0n) is 28.6. The first-order valence-electron chi connectivity index (χ1n) is 16.7. The van der Waals surface area contributed by atoms with Crippen molar-refractivity contribution >= 4 is 11.8 Å². The molecular weight excluding hydrogens is 642 g/mol. The number of aromatic nitrogens is 2. The van der Waals surface area contributed by atoms with Crippen molar-refractivity contribution in [2.75, 3.05) is 47.1 Å². The Morgan fingerprint density at radius 3 is 2.40 bits per heavy atom. The van der Waals surface area contributed by atoms with E-state index < -0.39 is 5.60 Å². The summed E-state index contributed by atoms with van der Waals surface area (Å²) in [5.41, 5.74) is 2.04. The van der Waals surface area contributed by atoms with Crippen LogP contribution in [0.1, 0.15) is 40.0 Å². The number of piperidine rings is 1. The Morgan fingerprint density at radius 2 is 1.66 bits per heavy atom. The fraction of sp³-hybridized carbons (Fsp3) is 0.378. The van der Waals surface area contributed by atoms with Gasteiger partial charge in [0.2, 0.25) is 0 Å². The van der Waals surface area contributed by atoms with Gasteiger partial charge in [0, 0.05) is 68.0 Å². The molecular formula is C37H43N5O8. The summed E-state index contributed by atoms with van der Waals surface area (Å²) in [6.07, 6.45) is 2.90. The second-order valence-corrected chi connectivity index (χ2v) is 12.3. The van der Waals surface area contributed by atoms with Crippen molar-refractivity contribution in [2.45, 2.75) is 45.0 Å². The molecule has 3 aromatic carbocycles. The maximum absolute atomic E-state index is 14.1. The van der Waals surface area contributed by atoms with E-state index in [1.807, 2.05) is 19.2 Å². The minimum atomic E-state index is -1.12. The zero-order chi connectivity index (χ0) is 35.1. The van der Waals surface area contributed by atoms with E-state index in [2.05, 4.69) is 20.6 Å². The van der Waals surface area contributed by atoms with E-state index in [4.69, 9.17) is 23.7 Å². The number of ether oxygens (including phenoxy) is 5. The Balaban J connectivity index is 1.25. The number of amides is 2. The largest absolute Gasteiger partial charge is 0.496 e. The molecule has 13 heteroatoms. The van der Waals surface area contributed by atoms with Crippen LogP contribution >= 0.6 is 0 Å². The number of carbonyl (C=O) groups excluding carboxylic acids is 2. The number of aliphatic hydroxyl groups excluding tert-OH is 1. The fourth-order valence-electron chi connectivity index (χ4n) is 6.18.